The number of imide groups is 1. The van der Waals surface area contributed by atoms with Crippen molar-refractivity contribution in [2.45, 2.75) is 63.5 Å². The minimum atomic E-state index is -0.785. The molecule has 3 fully saturated rings. The molecule has 3 aliphatic rings. The molecule has 2 saturated heterocycles. The molecule has 0 atom stereocenters. The van der Waals surface area contributed by atoms with Gasteiger partial charge in [-0.25, -0.2) is 4.79 Å². The van der Waals surface area contributed by atoms with Crippen molar-refractivity contribution in [1.29, 1.82) is 0 Å². The quantitative estimate of drug-likeness (QED) is 0.747. The van der Waals surface area contributed by atoms with E-state index in [2.05, 4.69) is 5.32 Å². The summed E-state index contributed by atoms with van der Waals surface area (Å²) >= 11 is 0. The summed E-state index contributed by atoms with van der Waals surface area (Å²) in [5.41, 5.74) is -0.785. The number of carbonyl (C=O) groups excluding carboxylic acids is 4. The molecule has 144 valence electrons. The lowest BCUT2D eigenvalue weighted by Gasteiger charge is -2.36. The third-order valence-electron chi connectivity index (χ3n) is 6.11. The fourth-order valence-electron chi connectivity index (χ4n) is 4.31. The number of urea groups is 1. The Balaban J connectivity index is 1.56. The Morgan fingerprint density at radius 1 is 1.15 bits per heavy atom. The van der Waals surface area contributed by atoms with Crippen LogP contribution in [0.25, 0.3) is 0 Å². The minimum absolute atomic E-state index is 0.0203. The zero-order valence-electron chi connectivity index (χ0n) is 15.6. The van der Waals surface area contributed by atoms with Crippen LogP contribution in [-0.2, 0) is 14.4 Å². The molecule has 1 aliphatic carbocycles. The number of piperidine rings is 1. The largest absolute Gasteiger partial charge is 0.343 e. The van der Waals surface area contributed by atoms with Gasteiger partial charge in [0.05, 0.1) is 0 Å². The first kappa shape index (κ1) is 18.7. The van der Waals surface area contributed by atoms with Crippen molar-refractivity contribution in [3.05, 3.63) is 0 Å². The molecule has 5 amide bonds. The molecule has 2 heterocycles. The Kier molecular flexibility index (Phi) is 5.20. The van der Waals surface area contributed by atoms with E-state index < -0.39 is 11.6 Å². The van der Waals surface area contributed by atoms with E-state index in [9.17, 15) is 19.2 Å². The van der Waals surface area contributed by atoms with Gasteiger partial charge in [-0.3, -0.25) is 19.3 Å². The van der Waals surface area contributed by atoms with Gasteiger partial charge in [-0.05, 0) is 25.7 Å². The zero-order valence-corrected chi connectivity index (χ0v) is 15.6. The van der Waals surface area contributed by atoms with Crippen molar-refractivity contribution < 1.29 is 19.2 Å². The Hall–Kier alpha value is -2.12. The van der Waals surface area contributed by atoms with Gasteiger partial charge in [-0.15, -0.1) is 0 Å². The van der Waals surface area contributed by atoms with Crippen LogP contribution >= 0.6 is 0 Å². The molecular weight excluding hydrogens is 336 g/mol. The molecule has 8 heteroatoms. The molecule has 0 aromatic rings. The first-order chi connectivity index (χ1) is 12.3. The molecule has 0 aromatic heterocycles. The number of carbonyl (C=O) groups is 4. The summed E-state index contributed by atoms with van der Waals surface area (Å²) in [5, 5.41) is 2.83. The molecule has 26 heavy (non-hydrogen) atoms. The van der Waals surface area contributed by atoms with E-state index in [1.54, 1.807) is 16.8 Å². The molecule has 0 bridgehead atoms. The highest BCUT2D eigenvalue weighted by atomic mass is 16.2. The number of hydrogen-bond donors (Lipinski definition) is 1. The maximum Gasteiger partial charge on any atom is 0.325 e. The fourth-order valence-corrected chi connectivity index (χ4v) is 4.31. The van der Waals surface area contributed by atoms with Gasteiger partial charge in [0.25, 0.3) is 5.91 Å². The molecular formula is C18H28N4O4. The monoisotopic (exact) mass is 364 g/mol. The summed E-state index contributed by atoms with van der Waals surface area (Å²) in [6.07, 6.45) is 5.66. The van der Waals surface area contributed by atoms with Crippen LogP contribution in [0.2, 0.25) is 0 Å². The predicted octanol–water partition coefficient (Wildman–Crippen LogP) is 0.710. The maximum atomic E-state index is 12.8. The van der Waals surface area contributed by atoms with Gasteiger partial charge in [0, 0.05) is 33.1 Å². The molecule has 1 N–H and O–H groups in total. The number of nitrogens with zero attached hydrogens (tertiary/aromatic N) is 3. The Bertz CT molecular complexity index is 606. The van der Waals surface area contributed by atoms with Gasteiger partial charge in [0.15, 0.2) is 0 Å². The van der Waals surface area contributed by atoms with E-state index in [4.69, 9.17) is 0 Å². The second-order valence-electron chi connectivity index (χ2n) is 7.71. The van der Waals surface area contributed by atoms with Crippen LogP contribution in [0.5, 0.6) is 0 Å². The zero-order chi connectivity index (χ0) is 18.9. The number of amides is 5. The van der Waals surface area contributed by atoms with E-state index in [0.29, 0.717) is 38.8 Å². The topological polar surface area (TPSA) is 90.0 Å². The van der Waals surface area contributed by atoms with Gasteiger partial charge in [0.1, 0.15) is 12.1 Å². The normalized spacial score (nSPS) is 23.3. The summed E-state index contributed by atoms with van der Waals surface area (Å²) in [6, 6.07) is -0.310. The molecule has 1 spiro atoms. The van der Waals surface area contributed by atoms with E-state index in [1.165, 1.54) is 6.92 Å². The summed E-state index contributed by atoms with van der Waals surface area (Å²) in [7, 11) is 1.78. The smallest absolute Gasteiger partial charge is 0.325 e. The molecule has 3 rings (SSSR count). The molecule has 0 aromatic carbocycles. The highest BCUT2D eigenvalue weighted by Crippen LogP contribution is 2.33. The van der Waals surface area contributed by atoms with Crippen LogP contribution in [0, 0.1) is 0 Å². The average Bonchev–Trinajstić information content (AvgIpc) is 2.85. The van der Waals surface area contributed by atoms with Crippen molar-refractivity contribution in [3.63, 3.8) is 0 Å². The van der Waals surface area contributed by atoms with Gasteiger partial charge in [0.2, 0.25) is 11.8 Å². The van der Waals surface area contributed by atoms with Crippen LogP contribution < -0.4 is 5.32 Å². The SMILES string of the molecule is CC(=O)N(C)C1CCN(C(=O)CN2C(=O)NC3(CCCCC3)C2=O)CC1. The highest BCUT2D eigenvalue weighted by Gasteiger charge is 2.51. The molecule has 0 unspecified atom stereocenters. The van der Waals surface area contributed by atoms with Crippen molar-refractivity contribution in [1.82, 2.24) is 20.0 Å². The average molecular weight is 364 g/mol. The fraction of sp³-hybridized carbons (Fsp3) is 0.778. The molecule has 2 aliphatic heterocycles. The lowest BCUT2D eigenvalue weighted by atomic mass is 9.82. The van der Waals surface area contributed by atoms with Gasteiger partial charge < -0.3 is 15.1 Å². The summed E-state index contributed by atoms with van der Waals surface area (Å²) in [6.45, 7) is 2.42. The van der Waals surface area contributed by atoms with Crippen LogP contribution in [0.3, 0.4) is 0 Å². The lowest BCUT2D eigenvalue weighted by Crippen LogP contribution is -2.51. The van der Waals surface area contributed by atoms with Gasteiger partial charge in [-0.1, -0.05) is 19.3 Å². The summed E-state index contributed by atoms with van der Waals surface area (Å²) < 4.78 is 0. The minimum Gasteiger partial charge on any atom is -0.343 e. The van der Waals surface area contributed by atoms with E-state index in [1.807, 2.05) is 0 Å². The van der Waals surface area contributed by atoms with E-state index in [0.717, 1.165) is 24.2 Å². The highest BCUT2D eigenvalue weighted by molar-refractivity contribution is 6.09. The Morgan fingerprint density at radius 2 is 1.77 bits per heavy atom. The number of nitrogens with one attached hydrogen (secondary N) is 1. The first-order valence-corrected chi connectivity index (χ1v) is 9.49. The van der Waals surface area contributed by atoms with Gasteiger partial charge in [-0.2, -0.15) is 0 Å². The summed E-state index contributed by atoms with van der Waals surface area (Å²) in [4.78, 5) is 53.6. The van der Waals surface area contributed by atoms with Crippen molar-refractivity contribution >= 4 is 23.8 Å². The van der Waals surface area contributed by atoms with E-state index >= 15 is 0 Å². The maximum absolute atomic E-state index is 12.8. The lowest BCUT2D eigenvalue weighted by molar-refractivity contribution is -0.141. The van der Waals surface area contributed by atoms with E-state index in [-0.39, 0.29) is 30.3 Å². The number of rotatable bonds is 3. The summed E-state index contributed by atoms with van der Waals surface area (Å²) in [5.74, 6) is -0.432. The van der Waals surface area contributed by atoms with Crippen molar-refractivity contribution in [3.8, 4) is 0 Å². The first-order valence-electron chi connectivity index (χ1n) is 9.49. The second-order valence-corrected chi connectivity index (χ2v) is 7.71. The van der Waals surface area contributed by atoms with Crippen LogP contribution in [0.15, 0.2) is 0 Å². The van der Waals surface area contributed by atoms with Crippen LogP contribution in [0.1, 0.15) is 51.9 Å². The third kappa shape index (κ3) is 3.41. The number of likely N-dealkylation sites (tertiary alicyclic amines) is 1. The molecule has 1 saturated carbocycles. The Labute approximate surface area is 153 Å². The van der Waals surface area contributed by atoms with Crippen molar-refractivity contribution in [2.24, 2.45) is 0 Å². The van der Waals surface area contributed by atoms with Crippen molar-refractivity contribution in [2.75, 3.05) is 26.7 Å². The standard InChI is InChI=1S/C18H28N4O4/c1-13(23)20(2)14-6-10-21(11-7-14)15(24)12-22-16(25)18(19-17(22)26)8-4-3-5-9-18/h14H,3-12H2,1-2H3,(H,19,26). The molecule has 0 radical (unpaired) electrons. The third-order valence-corrected chi connectivity index (χ3v) is 6.11. The van der Waals surface area contributed by atoms with Gasteiger partial charge >= 0.3 is 6.03 Å². The second kappa shape index (κ2) is 7.25. The van der Waals surface area contributed by atoms with Crippen LogP contribution in [-0.4, -0.2) is 76.7 Å². The Morgan fingerprint density at radius 3 is 2.35 bits per heavy atom. The number of hydrogen-bond acceptors (Lipinski definition) is 4. The van der Waals surface area contributed by atoms with Crippen LogP contribution in [0.4, 0.5) is 4.79 Å². The molecule has 8 nitrogen and oxygen atoms in total. The predicted molar refractivity (Wildman–Crippen MR) is 94.1 cm³/mol.